The summed E-state index contributed by atoms with van der Waals surface area (Å²) in [5, 5.41) is 20.6. The van der Waals surface area contributed by atoms with Crippen molar-refractivity contribution in [3.8, 4) is 89.3 Å². The van der Waals surface area contributed by atoms with E-state index in [0.717, 1.165) is 123 Å². The van der Waals surface area contributed by atoms with Gasteiger partial charge in [0.2, 0.25) is 0 Å². The quantitative estimate of drug-likeness (QED) is 0.0729. The highest BCUT2D eigenvalue weighted by Gasteiger charge is 2.47. The van der Waals surface area contributed by atoms with Gasteiger partial charge in [-0.05, 0) is 266 Å². The standard InChI is InChI=1S/C128H99BN4/c1-125(2,3)90-44-22-40-83(64-90)100-68-87(76-30-16-13-17-31-76)69-101(84-41-23-45-91(65-84)126(4,5)6)123(100)132-110-74-94(130-106-60-52-79-36-26-48-96-97-49-27-37-80-53-61-107(130)119(115(80)97)118(106)114(79)96)56-58-104(110)129-105-59-57-95(131-108-62-54-81-38-28-50-98-99-51-29-39-82-55-63-109(131)121(117(82)99)120(108)116(81)98)75-111(105)133(113-73-89(72-112(132)122(113)129)78-34-20-15-21-35-78)124-102(85-42-24-46-92(66-85)127(7,8)9)70-88(77-32-18-14-19-33-77)71-103(124)86-43-25-47-93(67-86)128(10,11)12/h13-75H,1-12H3. The van der Waals surface area contributed by atoms with E-state index in [1.165, 1.54) is 147 Å². The SMILES string of the molecule is CC(C)(C)c1cccc(-c2cc(-c3ccccc3)cc(-c3cccc(C(C)(C)C)c3)c2N2c3cc(-n4c5ccc6cccc7c8cccc9ccc4c(c98)c5c67)ccc3B3c4ccc(-n5c6ccc7cccc8c9cccc%10ccc5c(c%109)c6c78)cc4N(c4c(-c5cccc(C(C)(C)C)c5)cc(-c5ccccc5)cc4-c4cccc(C(C)(C)C)c4)c4cc(-c5ccccc5)cc2c43)c1. The van der Waals surface area contributed by atoms with Gasteiger partial charge in [-0.2, -0.15) is 0 Å². The molecule has 2 aliphatic heterocycles. The highest BCUT2D eigenvalue weighted by atomic mass is 15.2. The van der Waals surface area contributed by atoms with Crippen molar-refractivity contribution in [1.29, 1.82) is 0 Å². The average Bonchev–Trinajstić information content (AvgIpc) is 1.56. The third-order valence-corrected chi connectivity index (χ3v) is 29.8. The molecule has 4 heterocycles. The van der Waals surface area contributed by atoms with Crippen LogP contribution in [0.25, 0.3) is 198 Å². The summed E-state index contributed by atoms with van der Waals surface area (Å²) in [6.07, 6.45) is 0. The third-order valence-electron chi connectivity index (χ3n) is 29.8. The minimum absolute atomic E-state index is 0.190. The topological polar surface area (TPSA) is 16.3 Å². The highest BCUT2D eigenvalue weighted by molar-refractivity contribution is 7.00. The molecule has 133 heavy (non-hydrogen) atoms. The average molecular weight is 1700 g/mol. The van der Waals surface area contributed by atoms with Gasteiger partial charge in [0.15, 0.2) is 0 Å². The first-order valence-electron chi connectivity index (χ1n) is 47.4. The summed E-state index contributed by atoms with van der Waals surface area (Å²) in [5.41, 5.74) is 37.3. The molecule has 0 N–H and O–H groups in total. The van der Waals surface area contributed by atoms with E-state index in [1.54, 1.807) is 0 Å². The summed E-state index contributed by atoms with van der Waals surface area (Å²) in [7, 11) is 0. The molecule has 0 aliphatic carbocycles. The Balaban J connectivity index is 0.864. The molecule has 2 aliphatic rings. The molecule has 4 nitrogen and oxygen atoms in total. The van der Waals surface area contributed by atoms with Gasteiger partial charge in [0.05, 0.1) is 33.4 Å². The number of anilines is 6. The van der Waals surface area contributed by atoms with Crippen LogP contribution in [-0.4, -0.2) is 15.8 Å². The minimum Gasteiger partial charge on any atom is -0.310 e. The van der Waals surface area contributed by atoms with Crippen LogP contribution in [0.3, 0.4) is 0 Å². The van der Waals surface area contributed by atoms with E-state index >= 15 is 0 Å². The van der Waals surface area contributed by atoms with E-state index in [-0.39, 0.29) is 28.4 Å². The van der Waals surface area contributed by atoms with E-state index in [9.17, 15) is 0 Å². The fraction of sp³-hybridized carbons (Fsp3) is 0.125. The largest absolute Gasteiger partial charge is 0.310 e. The van der Waals surface area contributed by atoms with E-state index < -0.39 is 0 Å². The molecule has 26 rings (SSSR count). The van der Waals surface area contributed by atoms with Gasteiger partial charge in [-0.3, -0.25) is 0 Å². The van der Waals surface area contributed by atoms with Crippen molar-refractivity contribution in [1.82, 2.24) is 9.13 Å². The Hall–Kier alpha value is -15.3. The van der Waals surface area contributed by atoms with Gasteiger partial charge in [-0.15, -0.1) is 0 Å². The molecular formula is C128H99BN4. The maximum atomic E-state index is 2.80. The van der Waals surface area contributed by atoms with Gasteiger partial charge >= 0.3 is 0 Å². The van der Waals surface area contributed by atoms with E-state index in [0.29, 0.717) is 0 Å². The molecule has 0 bridgehead atoms. The number of aromatic nitrogens is 2. The Morgan fingerprint density at radius 1 is 0.195 bits per heavy atom. The second-order valence-corrected chi connectivity index (χ2v) is 41.9. The molecule has 5 heteroatoms. The second-order valence-electron chi connectivity index (χ2n) is 41.9. The fourth-order valence-electron chi connectivity index (χ4n) is 23.3. The van der Waals surface area contributed by atoms with E-state index in [4.69, 9.17) is 0 Å². The molecular weight excluding hydrogens is 1600 g/mol. The van der Waals surface area contributed by atoms with Gasteiger partial charge in [-0.25, -0.2) is 0 Å². The molecule has 0 atom stereocenters. The first kappa shape index (κ1) is 78.7. The summed E-state index contributed by atoms with van der Waals surface area (Å²) >= 11 is 0. The maximum absolute atomic E-state index is 2.80. The lowest BCUT2D eigenvalue weighted by atomic mass is 9.33. The number of rotatable bonds is 11. The van der Waals surface area contributed by atoms with Crippen LogP contribution in [0.15, 0.2) is 382 Å². The van der Waals surface area contributed by atoms with Crippen LogP contribution >= 0.6 is 0 Å². The molecule has 0 unspecified atom stereocenters. The van der Waals surface area contributed by atoms with Crippen LogP contribution in [0.1, 0.15) is 105 Å². The first-order chi connectivity index (χ1) is 64.5. The van der Waals surface area contributed by atoms with Crippen LogP contribution in [0.2, 0.25) is 0 Å². The van der Waals surface area contributed by atoms with Gasteiger partial charge < -0.3 is 18.9 Å². The van der Waals surface area contributed by atoms with Gasteiger partial charge in [0, 0.05) is 77.9 Å². The summed E-state index contributed by atoms with van der Waals surface area (Å²) in [6.45, 7) is 28.0. The Bertz CT molecular complexity index is 8070. The van der Waals surface area contributed by atoms with Crippen molar-refractivity contribution in [2.24, 2.45) is 0 Å². The van der Waals surface area contributed by atoms with Crippen molar-refractivity contribution >= 4 is 165 Å². The Morgan fingerprint density at radius 3 is 0.737 bits per heavy atom. The van der Waals surface area contributed by atoms with Gasteiger partial charge in [0.1, 0.15) is 0 Å². The molecule has 0 saturated carbocycles. The maximum Gasteiger partial charge on any atom is 0.252 e. The zero-order chi connectivity index (χ0) is 89.7. The minimum atomic E-state index is -0.361. The van der Waals surface area contributed by atoms with Crippen molar-refractivity contribution in [3.63, 3.8) is 0 Å². The molecule has 24 aromatic rings. The van der Waals surface area contributed by atoms with Crippen LogP contribution in [-0.2, 0) is 21.7 Å². The number of fused-ring (bicyclic) bond motifs is 6. The van der Waals surface area contributed by atoms with Gasteiger partial charge in [-0.1, -0.05) is 380 Å². The predicted molar refractivity (Wildman–Crippen MR) is 572 cm³/mol. The summed E-state index contributed by atoms with van der Waals surface area (Å²) in [5.74, 6) is 0. The Morgan fingerprint density at radius 2 is 0.459 bits per heavy atom. The zero-order valence-corrected chi connectivity index (χ0v) is 77.2. The lowest BCUT2D eigenvalue weighted by Gasteiger charge is -2.46. The van der Waals surface area contributed by atoms with E-state index in [1.807, 2.05) is 0 Å². The number of nitrogens with zero attached hydrogens (tertiary/aromatic N) is 4. The number of hydrogen-bond acceptors (Lipinski definition) is 2. The fourth-order valence-corrected chi connectivity index (χ4v) is 23.3. The summed E-state index contributed by atoms with van der Waals surface area (Å²) in [6, 6.07) is 149. The van der Waals surface area contributed by atoms with Crippen LogP contribution in [0.4, 0.5) is 34.1 Å². The van der Waals surface area contributed by atoms with Crippen molar-refractivity contribution in [3.05, 3.63) is 404 Å². The molecule has 0 fully saturated rings. The summed E-state index contributed by atoms with van der Waals surface area (Å²) < 4.78 is 5.25. The lowest BCUT2D eigenvalue weighted by Crippen LogP contribution is -2.61. The van der Waals surface area contributed by atoms with Gasteiger partial charge in [0.25, 0.3) is 6.71 Å². The molecule has 634 valence electrons. The highest BCUT2D eigenvalue weighted by Crippen LogP contribution is 2.59. The number of benzene rings is 22. The third kappa shape index (κ3) is 11.9. The normalized spacial score (nSPS) is 13.2. The zero-order valence-electron chi connectivity index (χ0n) is 77.2. The molecule has 2 aromatic heterocycles. The van der Waals surface area contributed by atoms with Crippen molar-refractivity contribution in [2.45, 2.75) is 105 Å². The monoisotopic (exact) mass is 1700 g/mol. The Kier molecular flexibility index (Phi) is 16.9. The van der Waals surface area contributed by atoms with Crippen LogP contribution < -0.4 is 26.2 Å². The first-order valence-corrected chi connectivity index (χ1v) is 47.4. The van der Waals surface area contributed by atoms with Crippen LogP contribution in [0, 0.1) is 0 Å². The molecule has 0 saturated heterocycles. The van der Waals surface area contributed by atoms with Crippen LogP contribution in [0.5, 0.6) is 0 Å². The second kappa shape index (κ2) is 28.6. The Labute approximate surface area is 777 Å². The van der Waals surface area contributed by atoms with Crippen molar-refractivity contribution < 1.29 is 0 Å². The summed E-state index contributed by atoms with van der Waals surface area (Å²) in [4.78, 5) is 5.60. The molecule has 22 aromatic carbocycles. The van der Waals surface area contributed by atoms with E-state index in [2.05, 4.69) is 484 Å². The predicted octanol–water partition coefficient (Wildman–Crippen LogP) is 33.5. The smallest absolute Gasteiger partial charge is 0.252 e. The number of hydrogen-bond donors (Lipinski definition) is 0. The molecule has 0 spiro atoms. The molecule has 0 amide bonds. The van der Waals surface area contributed by atoms with Crippen molar-refractivity contribution in [2.75, 3.05) is 9.80 Å². The molecule has 0 radical (unpaired) electrons. The lowest BCUT2D eigenvalue weighted by molar-refractivity contribution is 0.590.